The van der Waals surface area contributed by atoms with Gasteiger partial charge in [-0.15, -0.1) is 0 Å². The Morgan fingerprint density at radius 2 is 1.33 bits per heavy atom. The largest absolute Gasteiger partial charge is 0.206 e. The van der Waals surface area contributed by atoms with Crippen LogP contribution in [0.5, 0.6) is 0 Å². The molecule has 180 valence electrons. The maximum Gasteiger partial charge on any atom is 0.131 e. The zero-order chi connectivity index (χ0) is 23.0. The molecule has 33 heavy (non-hydrogen) atoms. The van der Waals surface area contributed by atoms with Gasteiger partial charge in [-0.1, -0.05) is 88.8 Å². The van der Waals surface area contributed by atoms with Crippen LogP contribution in [0.1, 0.15) is 127 Å². The van der Waals surface area contributed by atoms with E-state index in [-0.39, 0.29) is 5.82 Å². The number of rotatable bonds is 9. The second kappa shape index (κ2) is 12.2. The third-order valence-corrected chi connectivity index (χ3v) is 8.76. The fraction of sp³-hybridized carbons (Fsp3) is 0.625. The summed E-state index contributed by atoms with van der Waals surface area (Å²) in [5.41, 5.74) is 4.88. The van der Waals surface area contributed by atoms with Crippen molar-refractivity contribution in [3.63, 3.8) is 0 Å². The molecule has 0 saturated heterocycles. The minimum Gasteiger partial charge on any atom is -0.206 e. The molecule has 4 rings (SSSR count). The normalized spacial score (nSPS) is 25.8. The monoisotopic (exact) mass is 448 g/mol. The summed E-state index contributed by atoms with van der Waals surface area (Å²) in [5.74, 6) is 3.03. The van der Waals surface area contributed by atoms with Gasteiger partial charge in [-0.05, 0) is 97.8 Å². The maximum atomic E-state index is 14.8. The Kier molecular flexibility index (Phi) is 9.04. The first-order valence-corrected chi connectivity index (χ1v) is 14.1. The Bertz CT molecular complexity index is 853. The zero-order valence-corrected chi connectivity index (χ0v) is 21.1. The molecule has 0 nitrogen and oxygen atoms in total. The first kappa shape index (κ1) is 24.5. The van der Waals surface area contributed by atoms with Crippen LogP contribution in [0.2, 0.25) is 0 Å². The number of benzene rings is 2. The molecule has 1 heteroatoms. The van der Waals surface area contributed by atoms with Gasteiger partial charge in [-0.25, -0.2) is 4.39 Å². The van der Waals surface area contributed by atoms with Gasteiger partial charge < -0.3 is 0 Å². The SMILES string of the molecule is CCCCC[C@H]1CC[C@H](c2cc([C@H]3CC[C@H](CCC)CC3)ccc2-c2ccccc2F)CC1. The first-order chi connectivity index (χ1) is 16.2. The van der Waals surface area contributed by atoms with Crippen LogP contribution in [-0.4, -0.2) is 0 Å². The highest BCUT2D eigenvalue weighted by atomic mass is 19.1. The fourth-order valence-electron chi connectivity index (χ4n) is 6.74. The predicted octanol–water partition coefficient (Wildman–Crippen LogP) is 10.4. The number of halogens is 1. The lowest BCUT2D eigenvalue weighted by Crippen LogP contribution is -2.16. The molecule has 0 unspecified atom stereocenters. The van der Waals surface area contributed by atoms with Crippen LogP contribution in [0.15, 0.2) is 42.5 Å². The van der Waals surface area contributed by atoms with Crippen molar-refractivity contribution in [2.45, 2.75) is 116 Å². The summed E-state index contributed by atoms with van der Waals surface area (Å²) in [5, 5.41) is 0. The van der Waals surface area contributed by atoms with Crippen molar-refractivity contribution in [1.82, 2.24) is 0 Å². The van der Waals surface area contributed by atoms with Crippen molar-refractivity contribution in [2.75, 3.05) is 0 Å². The summed E-state index contributed by atoms with van der Waals surface area (Å²) < 4.78 is 14.8. The van der Waals surface area contributed by atoms with Crippen LogP contribution < -0.4 is 0 Å². The van der Waals surface area contributed by atoms with Gasteiger partial charge in [0.25, 0.3) is 0 Å². The molecular formula is C32H45F. The second-order valence-corrected chi connectivity index (χ2v) is 11.0. The lowest BCUT2D eigenvalue weighted by atomic mass is 9.73. The van der Waals surface area contributed by atoms with Gasteiger partial charge in [0, 0.05) is 5.56 Å². The highest BCUT2D eigenvalue weighted by Crippen LogP contribution is 2.44. The Balaban J connectivity index is 1.54. The number of unbranched alkanes of at least 4 members (excludes halogenated alkanes) is 2. The van der Waals surface area contributed by atoms with Gasteiger partial charge in [0.1, 0.15) is 5.82 Å². The molecule has 0 amide bonds. The molecule has 0 heterocycles. The van der Waals surface area contributed by atoms with E-state index in [2.05, 4.69) is 32.0 Å². The van der Waals surface area contributed by atoms with Gasteiger partial charge in [0.05, 0.1) is 0 Å². The molecule has 2 aliphatic rings. The van der Waals surface area contributed by atoms with Crippen molar-refractivity contribution >= 4 is 0 Å². The minimum atomic E-state index is -0.0835. The molecule has 0 aliphatic heterocycles. The fourth-order valence-corrected chi connectivity index (χ4v) is 6.74. The van der Waals surface area contributed by atoms with Gasteiger partial charge in [0.15, 0.2) is 0 Å². The molecule has 0 N–H and O–H groups in total. The van der Waals surface area contributed by atoms with Crippen LogP contribution in [0.25, 0.3) is 11.1 Å². The summed E-state index contributed by atoms with van der Waals surface area (Å²) in [6.45, 7) is 4.61. The van der Waals surface area contributed by atoms with E-state index in [0.29, 0.717) is 11.8 Å². The summed E-state index contributed by atoms with van der Waals surface area (Å²) >= 11 is 0. The van der Waals surface area contributed by atoms with Crippen LogP contribution in [-0.2, 0) is 0 Å². The van der Waals surface area contributed by atoms with Crippen molar-refractivity contribution in [2.24, 2.45) is 11.8 Å². The van der Waals surface area contributed by atoms with E-state index >= 15 is 0 Å². The van der Waals surface area contributed by atoms with E-state index in [1.165, 1.54) is 101 Å². The summed E-state index contributed by atoms with van der Waals surface area (Å²) in [4.78, 5) is 0. The van der Waals surface area contributed by atoms with Crippen molar-refractivity contribution in [1.29, 1.82) is 0 Å². The van der Waals surface area contributed by atoms with E-state index in [1.54, 1.807) is 6.07 Å². The summed E-state index contributed by atoms with van der Waals surface area (Å²) in [7, 11) is 0. The van der Waals surface area contributed by atoms with E-state index in [9.17, 15) is 4.39 Å². The Morgan fingerprint density at radius 3 is 2.00 bits per heavy atom. The standard InChI is InChI=1S/C32H45F/c1-3-5-6-10-25-15-19-27(20-16-25)31-23-28(26-17-13-24(9-4-2)14-18-26)21-22-29(31)30-11-7-8-12-32(30)33/h7-8,11-12,21-27H,3-6,9-10,13-20H2,1-2H3/t24-,25-,26-,27-. The zero-order valence-electron chi connectivity index (χ0n) is 21.1. The van der Waals surface area contributed by atoms with Crippen molar-refractivity contribution < 1.29 is 4.39 Å². The Morgan fingerprint density at radius 1 is 0.667 bits per heavy atom. The third kappa shape index (κ3) is 6.28. The Hall–Kier alpha value is -1.63. The van der Waals surface area contributed by atoms with E-state index in [4.69, 9.17) is 0 Å². The number of hydrogen-bond donors (Lipinski definition) is 0. The van der Waals surface area contributed by atoms with Crippen molar-refractivity contribution in [3.8, 4) is 11.1 Å². The molecule has 2 aromatic carbocycles. The van der Waals surface area contributed by atoms with Crippen LogP contribution in [0.4, 0.5) is 4.39 Å². The molecule has 0 atom stereocenters. The molecule has 2 aromatic rings. The molecule has 0 radical (unpaired) electrons. The topological polar surface area (TPSA) is 0 Å². The lowest BCUT2D eigenvalue weighted by molar-refractivity contribution is 0.301. The Labute approximate surface area is 202 Å². The quantitative estimate of drug-likeness (QED) is 0.335. The predicted molar refractivity (Wildman–Crippen MR) is 140 cm³/mol. The molecule has 0 bridgehead atoms. The highest BCUT2D eigenvalue weighted by molar-refractivity contribution is 5.69. The summed E-state index contributed by atoms with van der Waals surface area (Å²) in [6, 6.07) is 14.5. The summed E-state index contributed by atoms with van der Waals surface area (Å²) in [6.07, 6.45) is 18.8. The molecule has 0 spiro atoms. The van der Waals surface area contributed by atoms with Gasteiger partial charge in [0.2, 0.25) is 0 Å². The second-order valence-electron chi connectivity index (χ2n) is 11.0. The minimum absolute atomic E-state index is 0.0835. The van der Waals surface area contributed by atoms with E-state index in [0.717, 1.165) is 23.0 Å². The lowest BCUT2D eigenvalue weighted by Gasteiger charge is -2.32. The smallest absolute Gasteiger partial charge is 0.131 e. The maximum absolute atomic E-state index is 14.8. The van der Waals surface area contributed by atoms with Crippen LogP contribution in [0.3, 0.4) is 0 Å². The first-order valence-electron chi connectivity index (χ1n) is 14.1. The van der Waals surface area contributed by atoms with Gasteiger partial charge in [-0.3, -0.25) is 0 Å². The van der Waals surface area contributed by atoms with Gasteiger partial charge in [-0.2, -0.15) is 0 Å². The molecule has 2 saturated carbocycles. The average Bonchev–Trinajstić information content (AvgIpc) is 2.85. The number of hydrogen-bond acceptors (Lipinski definition) is 0. The molecular weight excluding hydrogens is 403 g/mol. The molecule has 0 aromatic heterocycles. The third-order valence-electron chi connectivity index (χ3n) is 8.76. The molecule has 2 aliphatic carbocycles. The van der Waals surface area contributed by atoms with E-state index in [1.807, 2.05) is 18.2 Å². The van der Waals surface area contributed by atoms with Crippen LogP contribution in [0, 0.1) is 17.7 Å². The molecule has 2 fully saturated rings. The average molecular weight is 449 g/mol. The van der Waals surface area contributed by atoms with Gasteiger partial charge >= 0.3 is 0 Å². The van der Waals surface area contributed by atoms with E-state index < -0.39 is 0 Å². The van der Waals surface area contributed by atoms with Crippen LogP contribution >= 0.6 is 0 Å². The van der Waals surface area contributed by atoms with Crippen molar-refractivity contribution in [3.05, 3.63) is 59.4 Å². The highest BCUT2D eigenvalue weighted by Gasteiger charge is 2.27.